The Morgan fingerprint density at radius 3 is 2.58 bits per heavy atom. The van der Waals surface area contributed by atoms with Gasteiger partial charge in [0.25, 0.3) is 5.56 Å². The lowest BCUT2D eigenvalue weighted by Crippen LogP contribution is -2.45. The van der Waals surface area contributed by atoms with Gasteiger partial charge in [-0.3, -0.25) is 9.20 Å². The molecule has 0 aromatic carbocycles. The van der Waals surface area contributed by atoms with E-state index in [0.29, 0.717) is 22.9 Å². The third-order valence-electron chi connectivity index (χ3n) is 5.63. The Labute approximate surface area is 215 Å². The molecule has 1 aliphatic heterocycles. The van der Waals surface area contributed by atoms with Crippen LogP contribution in [0.4, 0.5) is 5.82 Å². The number of fused-ring (bicyclic) bond motifs is 1. The van der Waals surface area contributed by atoms with Crippen molar-refractivity contribution in [3.63, 3.8) is 0 Å². The number of anilines is 1. The molecule has 8 nitrogen and oxygen atoms in total. The van der Waals surface area contributed by atoms with Crippen LogP contribution >= 0.6 is 11.3 Å². The molecule has 3 aromatic heterocycles. The first-order valence-corrected chi connectivity index (χ1v) is 13.1. The number of pyridine rings is 1. The number of piperazine rings is 1. The van der Waals surface area contributed by atoms with Gasteiger partial charge in [0.2, 0.25) is 0 Å². The minimum absolute atomic E-state index is 0.231. The molecule has 0 amide bonds. The minimum Gasteiger partial charge on any atom is -0.457 e. The first-order chi connectivity index (χ1) is 17.1. The quantitative estimate of drug-likeness (QED) is 0.395. The van der Waals surface area contributed by atoms with Gasteiger partial charge in [0, 0.05) is 43.8 Å². The zero-order chi connectivity index (χ0) is 25.9. The van der Waals surface area contributed by atoms with E-state index < -0.39 is 11.6 Å². The fourth-order valence-corrected chi connectivity index (χ4v) is 4.69. The Bertz CT molecular complexity index is 1360. The number of rotatable bonds is 6. The number of hydrogen-bond acceptors (Lipinski definition) is 8. The molecule has 9 heteroatoms. The summed E-state index contributed by atoms with van der Waals surface area (Å²) < 4.78 is 6.89. The monoisotopic (exact) mass is 507 g/mol. The third-order valence-corrected chi connectivity index (χ3v) is 6.46. The van der Waals surface area contributed by atoms with Crippen LogP contribution < -0.4 is 15.8 Å². The van der Waals surface area contributed by atoms with Crippen LogP contribution in [0.3, 0.4) is 0 Å². The zero-order valence-corrected chi connectivity index (χ0v) is 22.3. The van der Waals surface area contributed by atoms with Crippen molar-refractivity contribution in [1.82, 2.24) is 19.7 Å². The van der Waals surface area contributed by atoms with E-state index in [1.807, 2.05) is 24.3 Å². The average Bonchev–Trinajstić information content (AvgIpc) is 3.31. The minimum atomic E-state index is -0.613. The normalized spacial score (nSPS) is 15.0. The summed E-state index contributed by atoms with van der Waals surface area (Å²) in [4.78, 5) is 37.4. The fourth-order valence-electron chi connectivity index (χ4n) is 3.82. The molecule has 4 heterocycles. The van der Waals surface area contributed by atoms with E-state index in [1.165, 1.54) is 16.6 Å². The Hall–Kier alpha value is -3.30. The first kappa shape index (κ1) is 25.8. The SMILES string of the molecule is CC(C)c1csc(/C=C/c2ccn3c(=O)c(/C=C/C(=O)OC(C)(C)C)c(N4CCNCC4)nc3c2)n1. The molecule has 0 saturated carbocycles. The number of carbonyl (C=O) groups excluding carboxylic acids is 1. The van der Waals surface area contributed by atoms with Gasteiger partial charge in [0.1, 0.15) is 22.1 Å². The molecule has 1 aliphatic rings. The van der Waals surface area contributed by atoms with Crippen molar-refractivity contribution in [3.8, 4) is 0 Å². The number of thiazole rings is 1. The van der Waals surface area contributed by atoms with Gasteiger partial charge in [-0.15, -0.1) is 11.3 Å². The number of hydrogen-bond donors (Lipinski definition) is 1. The van der Waals surface area contributed by atoms with Crippen LogP contribution in [0.5, 0.6) is 0 Å². The maximum Gasteiger partial charge on any atom is 0.331 e. The number of aromatic nitrogens is 3. The van der Waals surface area contributed by atoms with Gasteiger partial charge >= 0.3 is 5.97 Å². The molecule has 1 saturated heterocycles. The second-order valence-electron chi connectivity index (χ2n) is 10.0. The van der Waals surface area contributed by atoms with E-state index in [2.05, 4.69) is 34.4 Å². The summed E-state index contributed by atoms with van der Waals surface area (Å²) in [5.41, 5.74) is 2.08. The van der Waals surface area contributed by atoms with Crippen molar-refractivity contribution >= 4 is 47.0 Å². The Morgan fingerprint density at radius 1 is 1.17 bits per heavy atom. The molecule has 1 fully saturated rings. The molecule has 0 bridgehead atoms. The maximum absolute atomic E-state index is 13.5. The number of esters is 1. The average molecular weight is 508 g/mol. The molecule has 0 radical (unpaired) electrons. The fraction of sp³-hybridized carbons (Fsp3) is 0.407. The predicted molar refractivity (Wildman–Crippen MR) is 147 cm³/mol. The molecule has 0 unspecified atom stereocenters. The summed E-state index contributed by atoms with van der Waals surface area (Å²) in [5, 5.41) is 6.34. The van der Waals surface area contributed by atoms with Crippen molar-refractivity contribution in [2.24, 2.45) is 0 Å². The molecule has 3 aromatic rings. The van der Waals surface area contributed by atoms with E-state index in [-0.39, 0.29) is 5.56 Å². The molecule has 190 valence electrons. The molecule has 0 aliphatic carbocycles. The maximum atomic E-state index is 13.5. The highest BCUT2D eigenvalue weighted by molar-refractivity contribution is 7.10. The van der Waals surface area contributed by atoms with Gasteiger partial charge in [-0.25, -0.2) is 14.8 Å². The number of nitrogens with zero attached hydrogens (tertiary/aromatic N) is 4. The smallest absolute Gasteiger partial charge is 0.331 e. The van der Waals surface area contributed by atoms with Gasteiger partial charge in [-0.05, 0) is 56.5 Å². The number of carbonyl (C=O) groups is 1. The van der Waals surface area contributed by atoms with Crippen LogP contribution in [0.2, 0.25) is 0 Å². The summed E-state index contributed by atoms with van der Waals surface area (Å²) in [6, 6.07) is 3.76. The topological polar surface area (TPSA) is 88.8 Å². The van der Waals surface area contributed by atoms with E-state index in [1.54, 1.807) is 38.3 Å². The third kappa shape index (κ3) is 6.27. The molecule has 36 heavy (non-hydrogen) atoms. The van der Waals surface area contributed by atoms with E-state index in [0.717, 1.165) is 42.4 Å². The molecule has 4 rings (SSSR count). The van der Waals surface area contributed by atoms with Gasteiger partial charge in [-0.1, -0.05) is 19.9 Å². The molecular weight excluding hydrogens is 474 g/mol. The van der Waals surface area contributed by atoms with Gasteiger partial charge in [0.15, 0.2) is 0 Å². The standard InChI is InChI=1S/C27H33N5O3S/c1-18(2)21-17-36-23(29-21)8-6-19-10-13-32-22(16-19)30-25(31-14-11-28-12-15-31)20(26(32)34)7-9-24(33)35-27(3,4)5/h6-10,13,16-18,28H,11-12,14-15H2,1-5H3/b8-6+,9-7+. The van der Waals surface area contributed by atoms with Crippen molar-refractivity contribution in [2.75, 3.05) is 31.1 Å². The van der Waals surface area contributed by atoms with Crippen LogP contribution in [0.1, 0.15) is 62.4 Å². The zero-order valence-electron chi connectivity index (χ0n) is 21.4. The van der Waals surface area contributed by atoms with Gasteiger partial charge in [0.05, 0.1) is 11.3 Å². The first-order valence-electron chi connectivity index (χ1n) is 12.2. The lowest BCUT2D eigenvalue weighted by atomic mass is 10.2. The van der Waals surface area contributed by atoms with Crippen LogP contribution in [-0.2, 0) is 9.53 Å². The Morgan fingerprint density at radius 2 is 1.92 bits per heavy atom. The van der Waals surface area contributed by atoms with E-state index >= 15 is 0 Å². The summed E-state index contributed by atoms with van der Waals surface area (Å²) in [6.45, 7) is 12.7. The van der Waals surface area contributed by atoms with Crippen molar-refractivity contribution < 1.29 is 9.53 Å². The van der Waals surface area contributed by atoms with Crippen molar-refractivity contribution in [1.29, 1.82) is 0 Å². The highest BCUT2D eigenvalue weighted by Gasteiger charge is 2.20. The van der Waals surface area contributed by atoms with Crippen LogP contribution in [0, 0.1) is 0 Å². The van der Waals surface area contributed by atoms with Crippen LogP contribution in [0.15, 0.2) is 34.6 Å². The highest BCUT2D eigenvalue weighted by Crippen LogP contribution is 2.22. The second-order valence-corrected chi connectivity index (χ2v) is 10.9. The predicted octanol–water partition coefficient (Wildman–Crippen LogP) is 4.21. The summed E-state index contributed by atoms with van der Waals surface area (Å²) in [5.74, 6) is 0.465. The van der Waals surface area contributed by atoms with E-state index in [4.69, 9.17) is 9.72 Å². The van der Waals surface area contributed by atoms with Crippen LogP contribution in [-0.4, -0.2) is 52.1 Å². The Balaban J connectivity index is 1.71. The van der Waals surface area contributed by atoms with E-state index in [9.17, 15) is 9.59 Å². The van der Waals surface area contributed by atoms with Gasteiger partial charge in [-0.2, -0.15) is 0 Å². The van der Waals surface area contributed by atoms with Crippen LogP contribution in [0.25, 0.3) is 23.9 Å². The molecular formula is C27H33N5O3S. The summed E-state index contributed by atoms with van der Waals surface area (Å²) in [7, 11) is 0. The largest absolute Gasteiger partial charge is 0.457 e. The van der Waals surface area contributed by atoms with Gasteiger partial charge < -0.3 is 15.0 Å². The molecule has 0 spiro atoms. The lowest BCUT2D eigenvalue weighted by molar-refractivity contribution is -0.148. The number of ether oxygens (including phenoxy) is 1. The molecule has 0 atom stereocenters. The second kappa shape index (κ2) is 10.8. The summed E-state index contributed by atoms with van der Waals surface area (Å²) >= 11 is 1.61. The van der Waals surface area contributed by atoms with Crippen molar-refractivity contribution in [2.45, 2.75) is 46.1 Å². The molecule has 1 N–H and O–H groups in total. The lowest BCUT2D eigenvalue weighted by Gasteiger charge is -2.29. The Kier molecular flexibility index (Phi) is 7.70. The summed E-state index contributed by atoms with van der Waals surface area (Å²) in [6.07, 6.45) is 8.51. The highest BCUT2D eigenvalue weighted by atomic mass is 32.1. The van der Waals surface area contributed by atoms with Crippen molar-refractivity contribution in [3.05, 3.63) is 62.0 Å². The number of nitrogens with one attached hydrogen (secondary N) is 1.